The second-order valence-electron chi connectivity index (χ2n) is 17.8. The maximum atomic E-state index is 11.5. The molecule has 0 unspecified atom stereocenters. The number of thiol groups is 1. The highest BCUT2D eigenvalue weighted by molar-refractivity contribution is 8.28. The molecule has 5 N–H and O–H groups in total. The van der Waals surface area contributed by atoms with Crippen LogP contribution in [0.2, 0.25) is 0 Å². The van der Waals surface area contributed by atoms with Crippen molar-refractivity contribution in [3.05, 3.63) is 239 Å². The van der Waals surface area contributed by atoms with Gasteiger partial charge in [0.25, 0.3) is 0 Å². The van der Waals surface area contributed by atoms with E-state index in [1.165, 1.54) is 47.6 Å². The first-order valence-corrected chi connectivity index (χ1v) is 36.1. The zero-order valence-corrected chi connectivity index (χ0v) is 62.0. The van der Waals surface area contributed by atoms with E-state index in [1.54, 1.807) is 101 Å². The lowest BCUT2D eigenvalue weighted by atomic mass is 10.1. The normalized spacial score (nSPS) is 10.4. The standard InChI is InChI=1S/C18H20O3S.C12H14O3S.C11H12O.C10H9ClO2.C10H10O3.C6H7ClO.C4H10O2S2.CH4.Cl2OS.H2O/c1-3-4-5-6-18(20)22-14-13-21-17(19)12-11-16-9-7-15(2)8-10-16;1-14-11-5-2-10(3-6-11)4-7-12(13)15-8-9-16;1-9-3-6-11(7-4-9)8-5-10(2)12;2*1-13-9-5-2-8(3-6-9)4-7-10(11)12;1-2-3-4-5-6(7)8;5-1-3-8(7)4-2-6;;1-4(2)3;/h3-12H,13-14H2,1-2H3;2-7,16H,8-9H2,1H3;3-8H,1-2H3;2-7H,1H3;2-7H,1H3,(H,11,12);2-5H,1H3;5-6H,1-4H2;1H4;;1H2/b4-3+,6-5+,12-11+;7-4+;;2*7-4+;;;;;. The highest BCUT2D eigenvalue weighted by Gasteiger charge is 2.02. The Kier molecular flexibility index (Phi) is 69.2. The molecule has 0 radical (unpaired) electrons. The number of carboxylic acids is 1. The zero-order chi connectivity index (χ0) is 72.7. The quantitative estimate of drug-likeness (QED) is 0.01000. The van der Waals surface area contributed by atoms with E-state index in [-0.39, 0.29) is 59.0 Å². The van der Waals surface area contributed by atoms with E-state index in [0.717, 1.165) is 62.9 Å². The second-order valence-corrected chi connectivity index (χ2v) is 25.8. The fourth-order valence-electron chi connectivity index (χ4n) is 5.74. The van der Waals surface area contributed by atoms with Gasteiger partial charge in [0.2, 0.25) is 24.8 Å². The number of ketones is 1. The molecule has 0 aliphatic heterocycles. The number of thioether (sulfide) groups is 1. The van der Waals surface area contributed by atoms with Crippen LogP contribution < -0.4 is 14.2 Å². The van der Waals surface area contributed by atoms with E-state index in [9.17, 15) is 33.6 Å². The van der Waals surface area contributed by atoms with Gasteiger partial charge in [-0.25, -0.2) is 18.6 Å². The monoisotopic (exact) mass is 1520 g/mol. The van der Waals surface area contributed by atoms with Crippen molar-refractivity contribution in [3.63, 3.8) is 0 Å². The van der Waals surface area contributed by atoms with Crippen molar-refractivity contribution >= 4 is 168 Å². The summed E-state index contributed by atoms with van der Waals surface area (Å²) in [5, 5.41) is 24.0. The van der Waals surface area contributed by atoms with Crippen LogP contribution in [0.3, 0.4) is 0 Å². The molecule has 5 aromatic carbocycles. The number of aryl methyl sites for hydroxylation is 2. The summed E-state index contributed by atoms with van der Waals surface area (Å²) in [4.78, 5) is 75.2. The highest BCUT2D eigenvalue weighted by atomic mass is 36.0. The zero-order valence-electron chi connectivity index (χ0n) is 54.8. The molecule has 0 atom stereocenters. The molecule has 0 aliphatic carbocycles. The number of carboxylic acid groups (broad SMARTS) is 1. The third kappa shape index (κ3) is 67.3. The Labute approximate surface area is 615 Å². The number of aliphatic carboxylic acids is 1. The maximum absolute atomic E-state index is 11.5. The number of allylic oxidation sites excluding steroid dienone is 9. The van der Waals surface area contributed by atoms with E-state index in [1.807, 2.05) is 143 Å². The lowest BCUT2D eigenvalue weighted by Gasteiger charge is -2.00. The number of esters is 2. The van der Waals surface area contributed by atoms with Gasteiger partial charge in [-0.3, -0.25) is 19.2 Å². The number of carbonyl (C=O) groups is 7. The van der Waals surface area contributed by atoms with Crippen LogP contribution in [0.5, 0.6) is 17.2 Å². The summed E-state index contributed by atoms with van der Waals surface area (Å²) in [5.41, 5.74) is 7.08. The van der Waals surface area contributed by atoms with Crippen molar-refractivity contribution in [2.75, 3.05) is 70.8 Å². The summed E-state index contributed by atoms with van der Waals surface area (Å²) < 4.78 is 33.9. The predicted molar refractivity (Wildman–Crippen MR) is 417 cm³/mol. The van der Waals surface area contributed by atoms with Crippen molar-refractivity contribution in [1.29, 1.82) is 0 Å². The van der Waals surface area contributed by atoms with E-state index in [2.05, 4.69) is 34.0 Å². The summed E-state index contributed by atoms with van der Waals surface area (Å²) in [6.07, 6.45) is 28.4. The number of methoxy groups -OCH3 is 3. The van der Waals surface area contributed by atoms with Crippen LogP contribution in [0.4, 0.5) is 0 Å². The lowest BCUT2D eigenvalue weighted by molar-refractivity contribution is -0.137. The van der Waals surface area contributed by atoms with Crippen molar-refractivity contribution in [1.82, 2.24) is 0 Å². The Morgan fingerprint density at radius 3 is 1.14 bits per heavy atom. The van der Waals surface area contributed by atoms with Gasteiger partial charge in [0, 0.05) is 62.6 Å². The molecule has 5 rings (SSSR count). The maximum Gasteiger partial charge on any atom is 0.330 e. The average molecular weight is 1530 g/mol. The molecule has 0 aliphatic rings. The molecule has 0 bridgehead atoms. The molecule has 0 aromatic heterocycles. The van der Waals surface area contributed by atoms with Crippen molar-refractivity contribution < 1.29 is 82.3 Å². The molecule has 0 saturated carbocycles. The molecular weight excluding hydrogens is 1440 g/mol. The van der Waals surface area contributed by atoms with Gasteiger partial charge in [-0.05, 0) is 165 Å². The van der Waals surface area contributed by atoms with E-state index >= 15 is 0 Å². The number of ether oxygens (including phenoxy) is 5. The molecule has 98 heavy (non-hydrogen) atoms. The van der Waals surface area contributed by atoms with Gasteiger partial charge in [-0.15, -0.1) is 9.45 Å². The average Bonchev–Trinajstić information content (AvgIpc) is 1.16. The van der Waals surface area contributed by atoms with Gasteiger partial charge >= 0.3 is 17.9 Å². The van der Waals surface area contributed by atoms with Crippen LogP contribution in [-0.2, 0) is 72.9 Å². The molecule has 0 spiro atoms. The Balaban J connectivity index is -0.000000346. The summed E-state index contributed by atoms with van der Waals surface area (Å²) in [6.45, 7) is 10.2. The number of carbonyl (C=O) groups excluding carboxylic acids is 6. The van der Waals surface area contributed by atoms with Gasteiger partial charge in [-0.1, -0.05) is 175 Å². The molecule has 536 valence electrons. The summed E-state index contributed by atoms with van der Waals surface area (Å²) in [6, 6.07) is 37.7. The van der Waals surface area contributed by atoms with Crippen LogP contribution in [-0.4, -0.2) is 135 Å². The fraction of sp³-hybridized carbons (Fsp3) is 0.236. The fourth-order valence-corrected chi connectivity index (χ4v) is 7.57. The molecule has 26 heteroatoms. The van der Waals surface area contributed by atoms with Gasteiger partial charge < -0.3 is 44.5 Å². The first kappa shape index (κ1) is 99.4. The minimum absolute atomic E-state index is 0. The third-order valence-corrected chi connectivity index (χ3v) is 13.8. The number of hydrogen-bond acceptors (Lipinski definition) is 18. The van der Waals surface area contributed by atoms with Crippen molar-refractivity contribution in [3.8, 4) is 17.2 Å². The van der Waals surface area contributed by atoms with E-state index in [0.29, 0.717) is 29.6 Å². The van der Waals surface area contributed by atoms with Gasteiger partial charge in [0.1, 0.15) is 30.5 Å². The van der Waals surface area contributed by atoms with Crippen LogP contribution in [0, 0.1) is 13.8 Å². The van der Waals surface area contributed by atoms with Crippen molar-refractivity contribution in [2.45, 2.75) is 42.0 Å². The Morgan fingerprint density at radius 2 is 0.837 bits per heavy atom. The van der Waals surface area contributed by atoms with E-state index in [4.69, 9.17) is 77.6 Å². The summed E-state index contributed by atoms with van der Waals surface area (Å²) in [7, 11) is 12.0. The van der Waals surface area contributed by atoms with Crippen LogP contribution in [0.1, 0.15) is 67.1 Å². The van der Waals surface area contributed by atoms with Crippen LogP contribution in [0.25, 0.3) is 30.4 Å². The molecule has 0 amide bonds. The molecular formula is C72H88Cl4O17S5. The molecule has 0 fully saturated rings. The van der Waals surface area contributed by atoms with Crippen molar-refractivity contribution in [2.24, 2.45) is 0 Å². The summed E-state index contributed by atoms with van der Waals surface area (Å²) in [5.74, 6) is 2.97. The first-order chi connectivity index (χ1) is 45.8. The number of rotatable bonds is 26. The molecule has 0 heterocycles. The van der Waals surface area contributed by atoms with E-state index < -0.39 is 31.7 Å². The Morgan fingerprint density at radius 1 is 0.520 bits per heavy atom. The third-order valence-electron chi connectivity index (χ3n) is 10.3. The molecule has 17 nitrogen and oxygen atoms in total. The lowest BCUT2D eigenvalue weighted by Crippen LogP contribution is -2.07. The molecule has 5 aromatic rings. The van der Waals surface area contributed by atoms with Gasteiger partial charge in [-0.2, -0.15) is 12.6 Å². The minimum atomic E-state index is -1.67. The van der Waals surface area contributed by atoms with Crippen LogP contribution in [0.15, 0.2) is 200 Å². The number of aliphatic hydroxyl groups is 2. The smallest absolute Gasteiger partial charge is 0.330 e. The van der Waals surface area contributed by atoms with Gasteiger partial charge in [0.05, 0.1) is 34.5 Å². The largest absolute Gasteiger partial charge is 0.497 e. The SMILES string of the molecule is C.C/C=C/C=C/C(=O)SCCOC(=O)/C=C/c1ccc(C)cc1.CC(=O)C=Cc1ccc(C)cc1.CC=CC=CC(=O)Cl.COc1ccc(/C=C/C(=O)Cl)cc1.COc1ccc(/C=C/C(=O)O)cc1.COc1ccc(/C=C/C(=O)OCCS)cc1.O.O=S(Cl)Cl.OCCS(=S)CCO. The Bertz CT molecular complexity index is 3250. The molecule has 0 saturated heterocycles. The van der Waals surface area contributed by atoms with Crippen LogP contribution >= 0.6 is 69.0 Å². The first-order valence-electron chi connectivity index (χ1n) is 28.4. The number of hydrogen-bond donors (Lipinski definition) is 4. The minimum Gasteiger partial charge on any atom is -0.497 e. The highest BCUT2D eigenvalue weighted by Crippen LogP contribution is 2.15. The number of benzene rings is 5. The Hall–Kier alpha value is -7.29. The summed E-state index contributed by atoms with van der Waals surface area (Å²) >= 11 is 20.0. The van der Waals surface area contributed by atoms with Gasteiger partial charge in [0.15, 0.2) is 5.78 Å². The number of halogens is 4. The second kappa shape index (κ2) is 68.2. The predicted octanol–water partition coefficient (Wildman–Crippen LogP) is 14.8. The topological polar surface area (TPSA) is 275 Å². The number of aliphatic hydroxyl groups excluding tert-OH is 2.